The summed E-state index contributed by atoms with van der Waals surface area (Å²) in [5.41, 5.74) is -0.246. The number of aromatic nitrogens is 2. The molecule has 0 aliphatic carbocycles. The number of carbonyl (C=O) groups is 1. The maximum absolute atomic E-state index is 12.3. The molecule has 2 aromatic heterocycles. The summed E-state index contributed by atoms with van der Waals surface area (Å²) in [7, 11) is -2.00. The number of hydrogen-bond acceptors (Lipinski definition) is 8. The summed E-state index contributed by atoms with van der Waals surface area (Å²) >= 11 is 1.16. The Morgan fingerprint density at radius 1 is 1.38 bits per heavy atom. The first-order chi connectivity index (χ1) is 12.1. The van der Waals surface area contributed by atoms with E-state index in [9.17, 15) is 13.2 Å². The van der Waals surface area contributed by atoms with Crippen LogP contribution in [0.15, 0.2) is 26.2 Å². The number of thiophene rings is 1. The van der Waals surface area contributed by atoms with Gasteiger partial charge in [-0.3, -0.25) is 4.79 Å². The molecule has 26 heavy (non-hydrogen) atoms. The molecule has 0 radical (unpaired) electrons. The fourth-order valence-electron chi connectivity index (χ4n) is 1.96. The number of carbonyl (C=O) groups excluding carboxylic acids is 1. The monoisotopic (exact) mass is 401 g/mol. The predicted molar refractivity (Wildman–Crippen MR) is 96.2 cm³/mol. The summed E-state index contributed by atoms with van der Waals surface area (Å²) in [6, 6.07) is 3.24. The van der Waals surface area contributed by atoms with Crippen molar-refractivity contribution in [3.63, 3.8) is 0 Å². The van der Waals surface area contributed by atoms with Crippen molar-refractivity contribution < 1.29 is 22.5 Å². The summed E-state index contributed by atoms with van der Waals surface area (Å²) in [5.74, 6) is 0.340. The van der Waals surface area contributed by atoms with Gasteiger partial charge in [-0.15, -0.1) is 11.3 Å². The van der Waals surface area contributed by atoms with Crippen molar-refractivity contribution in [2.24, 2.45) is 0 Å². The lowest BCUT2D eigenvalue weighted by Crippen LogP contribution is -2.27. The third-order valence-electron chi connectivity index (χ3n) is 3.51. The summed E-state index contributed by atoms with van der Waals surface area (Å²) < 4.78 is 36.2. The topological polar surface area (TPSA) is 103 Å². The Morgan fingerprint density at radius 3 is 2.69 bits per heavy atom. The molecule has 0 spiro atoms. The molecule has 0 amide bonds. The SMILES string of the molecule is CN(CCCC(=O)OCc1nc(C(C)(C)C)no1)S(=O)(=O)c1cccs1. The number of rotatable bonds is 8. The molecule has 0 aliphatic heterocycles. The van der Waals surface area contributed by atoms with E-state index < -0.39 is 16.0 Å². The van der Waals surface area contributed by atoms with Crippen LogP contribution in [0, 0.1) is 0 Å². The molecule has 0 saturated carbocycles. The number of esters is 1. The van der Waals surface area contributed by atoms with Crippen LogP contribution >= 0.6 is 11.3 Å². The zero-order valence-corrected chi connectivity index (χ0v) is 16.9. The first-order valence-corrected chi connectivity index (χ1v) is 10.4. The molecule has 0 saturated heterocycles. The average Bonchev–Trinajstić information content (AvgIpc) is 3.23. The van der Waals surface area contributed by atoms with E-state index in [1.54, 1.807) is 17.5 Å². The maximum atomic E-state index is 12.3. The van der Waals surface area contributed by atoms with Crippen LogP contribution in [0.25, 0.3) is 0 Å². The molecular formula is C16H23N3O5S2. The van der Waals surface area contributed by atoms with Gasteiger partial charge >= 0.3 is 5.97 Å². The van der Waals surface area contributed by atoms with Crippen LogP contribution in [0.5, 0.6) is 0 Å². The fraction of sp³-hybridized carbons (Fsp3) is 0.562. The lowest BCUT2D eigenvalue weighted by molar-refractivity contribution is -0.145. The fourth-order valence-corrected chi connectivity index (χ4v) is 4.37. The molecule has 0 bridgehead atoms. The molecule has 144 valence electrons. The summed E-state index contributed by atoms with van der Waals surface area (Å²) in [5, 5.41) is 5.56. The van der Waals surface area contributed by atoms with Gasteiger partial charge in [-0.1, -0.05) is 32.0 Å². The second-order valence-electron chi connectivity index (χ2n) is 6.78. The molecule has 0 aromatic carbocycles. The van der Waals surface area contributed by atoms with Crippen molar-refractivity contribution in [3.8, 4) is 0 Å². The Hall–Kier alpha value is -1.78. The second kappa shape index (κ2) is 8.28. The minimum atomic E-state index is -3.49. The zero-order valence-electron chi connectivity index (χ0n) is 15.3. The minimum Gasteiger partial charge on any atom is -0.456 e. The molecule has 2 heterocycles. The highest BCUT2D eigenvalue weighted by molar-refractivity contribution is 7.91. The Kier molecular flexibility index (Phi) is 6.53. The molecule has 10 heteroatoms. The van der Waals surface area contributed by atoms with Crippen LogP contribution in [0.4, 0.5) is 0 Å². The van der Waals surface area contributed by atoms with Crippen molar-refractivity contribution in [1.82, 2.24) is 14.4 Å². The van der Waals surface area contributed by atoms with E-state index in [1.165, 1.54) is 11.4 Å². The molecule has 0 aliphatic rings. The summed E-state index contributed by atoms with van der Waals surface area (Å²) in [6.07, 6.45) is 0.460. The van der Waals surface area contributed by atoms with Crippen LogP contribution in [0.3, 0.4) is 0 Å². The van der Waals surface area contributed by atoms with Gasteiger partial charge in [0.05, 0.1) is 0 Å². The molecule has 8 nitrogen and oxygen atoms in total. The van der Waals surface area contributed by atoms with E-state index in [0.717, 1.165) is 11.3 Å². The van der Waals surface area contributed by atoms with E-state index >= 15 is 0 Å². The van der Waals surface area contributed by atoms with Crippen LogP contribution in [0.1, 0.15) is 45.3 Å². The Morgan fingerprint density at radius 2 is 2.12 bits per heavy atom. The number of ether oxygens (including phenoxy) is 1. The van der Waals surface area contributed by atoms with Gasteiger partial charge in [0.15, 0.2) is 12.4 Å². The number of nitrogens with zero attached hydrogens (tertiary/aromatic N) is 3. The number of sulfonamides is 1. The van der Waals surface area contributed by atoms with Gasteiger partial charge in [0.1, 0.15) is 4.21 Å². The Balaban J connectivity index is 1.74. The van der Waals surface area contributed by atoms with Crippen LogP contribution in [-0.2, 0) is 31.6 Å². The van der Waals surface area contributed by atoms with E-state index in [-0.39, 0.29) is 35.1 Å². The van der Waals surface area contributed by atoms with E-state index in [2.05, 4.69) is 10.1 Å². The molecule has 0 fully saturated rings. The summed E-state index contributed by atoms with van der Waals surface area (Å²) in [6.45, 7) is 5.99. The molecule has 0 unspecified atom stereocenters. The zero-order chi connectivity index (χ0) is 19.4. The Labute approximate surface area is 157 Å². The first kappa shape index (κ1) is 20.5. The minimum absolute atomic E-state index is 0.0920. The first-order valence-electron chi connectivity index (χ1n) is 8.09. The van der Waals surface area contributed by atoms with Crippen molar-refractivity contribution in [1.29, 1.82) is 0 Å². The second-order valence-corrected chi connectivity index (χ2v) is 10.0. The Bertz CT molecular complexity index is 822. The van der Waals surface area contributed by atoms with Gasteiger partial charge in [-0.25, -0.2) is 12.7 Å². The third-order valence-corrected chi connectivity index (χ3v) is 6.74. The highest BCUT2D eigenvalue weighted by Gasteiger charge is 2.22. The smallest absolute Gasteiger partial charge is 0.306 e. The van der Waals surface area contributed by atoms with Gasteiger partial charge in [0.25, 0.3) is 15.9 Å². The van der Waals surface area contributed by atoms with Crippen LogP contribution < -0.4 is 0 Å². The van der Waals surface area contributed by atoms with Crippen LogP contribution in [0.2, 0.25) is 0 Å². The van der Waals surface area contributed by atoms with Crippen molar-refractivity contribution >= 4 is 27.3 Å². The van der Waals surface area contributed by atoms with Gasteiger partial charge in [0, 0.05) is 25.4 Å². The van der Waals surface area contributed by atoms with Crippen molar-refractivity contribution in [2.75, 3.05) is 13.6 Å². The van der Waals surface area contributed by atoms with Gasteiger partial charge < -0.3 is 9.26 Å². The third kappa shape index (κ3) is 5.36. The lowest BCUT2D eigenvalue weighted by atomic mass is 9.96. The maximum Gasteiger partial charge on any atom is 0.306 e. The molecule has 2 rings (SSSR count). The van der Waals surface area contributed by atoms with Crippen molar-refractivity contribution in [2.45, 2.75) is 49.8 Å². The van der Waals surface area contributed by atoms with Gasteiger partial charge in [0.2, 0.25) is 0 Å². The van der Waals surface area contributed by atoms with Gasteiger partial charge in [-0.2, -0.15) is 4.98 Å². The standard InChI is InChI=1S/C16H23N3O5S2/c1-16(2,3)15-17-12(24-18-15)11-23-13(20)7-5-9-19(4)26(21,22)14-8-6-10-25-14/h6,8,10H,5,7,9,11H2,1-4H3. The number of hydrogen-bond donors (Lipinski definition) is 0. The normalized spacial score (nSPS) is 12.5. The lowest BCUT2D eigenvalue weighted by Gasteiger charge is -2.15. The highest BCUT2D eigenvalue weighted by atomic mass is 32.2. The van der Waals surface area contributed by atoms with Gasteiger partial charge in [-0.05, 0) is 17.9 Å². The predicted octanol–water partition coefficient (Wildman–Crippen LogP) is 2.57. The van der Waals surface area contributed by atoms with E-state index in [4.69, 9.17) is 9.26 Å². The van der Waals surface area contributed by atoms with E-state index in [1.807, 2.05) is 20.8 Å². The molecule has 2 aromatic rings. The van der Waals surface area contributed by atoms with E-state index in [0.29, 0.717) is 12.2 Å². The molecular weight excluding hydrogens is 378 g/mol. The highest BCUT2D eigenvalue weighted by Crippen LogP contribution is 2.20. The molecule has 0 atom stereocenters. The largest absolute Gasteiger partial charge is 0.456 e. The quantitative estimate of drug-likeness (QED) is 0.626. The molecule has 0 N–H and O–H groups in total. The summed E-state index contributed by atoms with van der Waals surface area (Å²) in [4.78, 5) is 16.0. The average molecular weight is 402 g/mol. The van der Waals surface area contributed by atoms with Crippen LogP contribution in [-0.4, -0.2) is 42.4 Å². The van der Waals surface area contributed by atoms with Crippen molar-refractivity contribution in [3.05, 3.63) is 29.2 Å².